The highest BCUT2D eigenvalue weighted by Gasteiger charge is 2.27. The number of guanidine groups is 1. The first-order valence-electron chi connectivity index (χ1n) is 8.72. The van der Waals surface area contributed by atoms with Gasteiger partial charge in [0.1, 0.15) is 6.54 Å². The summed E-state index contributed by atoms with van der Waals surface area (Å²) in [6, 6.07) is 0. The highest BCUT2D eigenvalue weighted by molar-refractivity contribution is 14.0. The van der Waals surface area contributed by atoms with Crippen LogP contribution in [0.2, 0.25) is 0 Å². The Morgan fingerprint density at radius 3 is 2.81 bits per heavy atom. The number of carbonyl (C=O) groups is 1. The fourth-order valence-corrected chi connectivity index (χ4v) is 3.78. The van der Waals surface area contributed by atoms with Crippen LogP contribution in [0.15, 0.2) is 22.8 Å². The lowest BCUT2D eigenvalue weighted by Gasteiger charge is -2.35. The van der Waals surface area contributed by atoms with E-state index < -0.39 is 0 Å². The third-order valence-electron chi connectivity index (χ3n) is 4.25. The van der Waals surface area contributed by atoms with Gasteiger partial charge in [0.15, 0.2) is 5.96 Å². The van der Waals surface area contributed by atoms with Crippen LogP contribution < -0.4 is 10.2 Å². The number of thiazole rings is 1. The van der Waals surface area contributed by atoms with Gasteiger partial charge in [0.05, 0.1) is 16.9 Å². The Labute approximate surface area is 180 Å². The van der Waals surface area contributed by atoms with Crippen LogP contribution in [0.4, 0.5) is 5.69 Å². The van der Waals surface area contributed by atoms with Crippen molar-refractivity contribution in [2.75, 3.05) is 38.1 Å². The van der Waals surface area contributed by atoms with Gasteiger partial charge in [-0.2, -0.15) is 5.10 Å². The lowest BCUT2D eigenvalue weighted by Crippen LogP contribution is -2.55. The molecule has 1 aliphatic heterocycles. The number of aliphatic imine (C=N–C) groups is 1. The summed E-state index contributed by atoms with van der Waals surface area (Å²) < 4.78 is 1.71. The number of amides is 1. The number of rotatable bonds is 5. The van der Waals surface area contributed by atoms with E-state index in [1.165, 1.54) is 5.01 Å². The fraction of sp³-hybridized carbons (Fsp3) is 0.529. The molecule has 3 rings (SSSR count). The van der Waals surface area contributed by atoms with E-state index in [1.54, 1.807) is 34.2 Å². The molecule has 27 heavy (non-hydrogen) atoms. The molecule has 1 fully saturated rings. The second-order valence-corrected chi connectivity index (χ2v) is 7.24. The Morgan fingerprint density at radius 1 is 1.41 bits per heavy atom. The van der Waals surface area contributed by atoms with Crippen molar-refractivity contribution in [3.05, 3.63) is 28.5 Å². The summed E-state index contributed by atoms with van der Waals surface area (Å²) in [4.78, 5) is 25.1. The predicted octanol–water partition coefficient (Wildman–Crippen LogP) is 1.66. The SMILES string of the molecule is CN=C(NCCCc1nc(C)cs1)N1CCN(c2cnn(C)c2)C(=O)C1.I. The molecule has 0 aromatic carbocycles. The summed E-state index contributed by atoms with van der Waals surface area (Å²) in [5, 5.41) is 10.7. The van der Waals surface area contributed by atoms with Gasteiger partial charge in [-0.1, -0.05) is 0 Å². The first-order valence-corrected chi connectivity index (χ1v) is 9.60. The van der Waals surface area contributed by atoms with Gasteiger partial charge in [0.2, 0.25) is 5.91 Å². The number of anilines is 1. The highest BCUT2D eigenvalue weighted by Crippen LogP contribution is 2.16. The molecule has 1 amide bonds. The van der Waals surface area contributed by atoms with Gasteiger partial charge in [-0.3, -0.25) is 14.5 Å². The lowest BCUT2D eigenvalue weighted by atomic mass is 10.3. The van der Waals surface area contributed by atoms with Crippen molar-refractivity contribution >= 4 is 52.9 Å². The monoisotopic (exact) mass is 503 g/mol. The molecule has 10 heteroatoms. The second-order valence-electron chi connectivity index (χ2n) is 6.30. The van der Waals surface area contributed by atoms with Gasteiger partial charge in [-0.25, -0.2) is 4.98 Å². The van der Waals surface area contributed by atoms with Crippen LogP contribution in [-0.2, 0) is 18.3 Å². The number of halogens is 1. The fourth-order valence-electron chi connectivity index (χ4n) is 2.96. The minimum atomic E-state index is 0. The molecule has 1 aliphatic rings. The van der Waals surface area contributed by atoms with Gasteiger partial charge < -0.3 is 15.1 Å². The van der Waals surface area contributed by atoms with E-state index >= 15 is 0 Å². The molecule has 1 N–H and O–H groups in total. The summed E-state index contributed by atoms with van der Waals surface area (Å²) >= 11 is 1.71. The van der Waals surface area contributed by atoms with E-state index in [-0.39, 0.29) is 29.9 Å². The summed E-state index contributed by atoms with van der Waals surface area (Å²) in [5.41, 5.74) is 1.93. The third-order valence-corrected chi connectivity index (χ3v) is 5.28. The van der Waals surface area contributed by atoms with E-state index in [2.05, 4.69) is 25.8 Å². The number of hydrogen-bond donors (Lipinski definition) is 1. The molecule has 1 saturated heterocycles. The number of nitrogens with one attached hydrogen (secondary N) is 1. The average molecular weight is 503 g/mol. The third kappa shape index (κ3) is 5.64. The van der Waals surface area contributed by atoms with Crippen molar-refractivity contribution in [1.29, 1.82) is 0 Å². The molecule has 0 bridgehead atoms. The van der Waals surface area contributed by atoms with Gasteiger partial charge in [0, 0.05) is 57.4 Å². The molecule has 0 saturated carbocycles. The molecule has 2 aromatic rings. The first-order chi connectivity index (χ1) is 12.6. The Morgan fingerprint density at radius 2 is 2.22 bits per heavy atom. The van der Waals surface area contributed by atoms with Crippen molar-refractivity contribution in [2.45, 2.75) is 19.8 Å². The number of piperazine rings is 1. The van der Waals surface area contributed by atoms with Crippen molar-refractivity contribution in [3.63, 3.8) is 0 Å². The molecule has 0 aliphatic carbocycles. The molecule has 0 spiro atoms. The zero-order valence-corrected chi connectivity index (χ0v) is 19.0. The Balaban J connectivity index is 0.00000261. The molecule has 0 unspecified atom stereocenters. The molecular formula is C17H26IN7OS. The number of hydrogen-bond acceptors (Lipinski definition) is 5. The standard InChI is InChI=1S/C17H25N7OS.HI/c1-13-12-26-15(21-13)5-4-6-19-17(18-2)23-7-8-24(16(25)11-23)14-9-20-22(3)10-14;/h9-10,12H,4-8,11H2,1-3H3,(H,18,19);1H. The van der Waals surface area contributed by atoms with Crippen LogP contribution >= 0.6 is 35.3 Å². The second kappa shape index (κ2) is 10.0. The maximum Gasteiger partial charge on any atom is 0.246 e. The summed E-state index contributed by atoms with van der Waals surface area (Å²) in [6.45, 7) is 4.51. The maximum absolute atomic E-state index is 12.5. The van der Waals surface area contributed by atoms with Crippen molar-refractivity contribution < 1.29 is 4.79 Å². The Hall–Kier alpha value is -1.69. The molecule has 2 aromatic heterocycles. The van der Waals surface area contributed by atoms with E-state index in [0.717, 1.165) is 43.3 Å². The van der Waals surface area contributed by atoms with Gasteiger partial charge >= 0.3 is 0 Å². The van der Waals surface area contributed by atoms with Crippen molar-refractivity contribution in [3.8, 4) is 0 Å². The minimum absolute atomic E-state index is 0. The van der Waals surface area contributed by atoms with Crippen LogP contribution in [0.1, 0.15) is 17.1 Å². The van der Waals surface area contributed by atoms with Gasteiger partial charge in [0.25, 0.3) is 0 Å². The largest absolute Gasteiger partial charge is 0.356 e. The van der Waals surface area contributed by atoms with E-state index in [4.69, 9.17) is 0 Å². The normalized spacial score (nSPS) is 15.1. The lowest BCUT2D eigenvalue weighted by molar-refractivity contribution is -0.120. The maximum atomic E-state index is 12.5. The van der Waals surface area contributed by atoms with Crippen LogP contribution in [0, 0.1) is 6.92 Å². The van der Waals surface area contributed by atoms with Crippen LogP contribution in [-0.4, -0.2) is 64.8 Å². The van der Waals surface area contributed by atoms with E-state index in [9.17, 15) is 4.79 Å². The van der Waals surface area contributed by atoms with Crippen LogP contribution in [0.5, 0.6) is 0 Å². The molecule has 0 radical (unpaired) electrons. The molecule has 3 heterocycles. The summed E-state index contributed by atoms with van der Waals surface area (Å²) in [7, 11) is 3.60. The van der Waals surface area contributed by atoms with Crippen molar-refractivity contribution in [1.82, 2.24) is 25.0 Å². The predicted molar refractivity (Wildman–Crippen MR) is 119 cm³/mol. The molecular weight excluding hydrogens is 477 g/mol. The van der Waals surface area contributed by atoms with Gasteiger partial charge in [-0.15, -0.1) is 35.3 Å². The minimum Gasteiger partial charge on any atom is -0.356 e. The molecule has 148 valence electrons. The Kier molecular flexibility index (Phi) is 8.02. The van der Waals surface area contributed by atoms with E-state index in [0.29, 0.717) is 13.1 Å². The number of aromatic nitrogens is 3. The van der Waals surface area contributed by atoms with E-state index in [1.807, 2.05) is 25.1 Å². The molecule has 8 nitrogen and oxygen atoms in total. The number of carbonyl (C=O) groups excluding carboxylic acids is 1. The topological polar surface area (TPSA) is 78.7 Å². The summed E-state index contributed by atoms with van der Waals surface area (Å²) in [6.07, 6.45) is 5.52. The average Bonchev–Trinajstić information content (AvgIpc) is 3.23. The van der Waals surface area contributed by atoms with Crippen LogP contribution in [0.3, 0.4) is 0 Å². The van der Waals surface area contributed by atoms with Crippen LogP contribution in [0.25, 0.3) is 0 Å². The smallest absolute Gasteiger partial charge is 0.246 e. The quantitative estimate of drug-likeness (QED) is 0.291. The highest BCUT2D eigenvalue weighted by atomic mass is 127. The number of nitrogens with zero attached hydrogens (tertiary/aromatic N) is 6. The Bertz CT molecular complexity index is 788. The van der Waals surface area contributed by atoms with Gasteiger partial charge in [-0.05, 0) is 13.3 Å². The number of aryl methyl sites for hydroxylation is 3. The zero-order valence-electron chi connectivity index (χ0n) is 15.9. The first kappa shape index (κ1) is 21.6. The molecule has 0 atom stereocenters. The summed E-state index contributed by atoms with van der Waals surface area (Å²) in [5.74, 6) is 0.838. The zero-order chi connectivity index (χ0) is 18.5. The van der Waals surface area contributed by atoms with Crippen molar-refractivity contribution in [2.24, 2.45) is 12.0 Å².